The Morgan fingerprint density at radius 2 is 1.10 bits per heavy atom. The number of allylic oxidation sites excluding steroid dienone is 1. The summed E-state index contributed by atoms with van der Waals surface area (Å²) in [6.45, 7) is 20.6. The molecule has 0 heterocycles. The zero-order valence-corrected chi connectivity index (χ0v) is 25.0. The zero-order valence-electron chi connectivity index (χ0n) is 25.0. The Morgan fingerprint density at radius 1 is 0.667 bits per heavy atom. The highest BCUT2D eigenvalue weighted by Crippen LogP contribution is 2.40. The van der Waals surface area contributed by atoms with Gasteiger partial charge in [0.25, 0.3) is 0 Å². The Bertz CT molecular complexity index is 1420. The molecule has 0 bridgehead atoms. The molecule has 0 amide bonds. The molecular weight excluding hydrogens is 484 g/mol. The predicted octanol–water partition coefficient (Wildman–Crippen LogP) is 8.58. The van der Waals surface area contributed by atoms with Gasteiger partial charge in [0.1, 0.15) is 28.8 Å². The molecule has 1 aliphatic carbocycles. The Morgan fingerprint density at radius 3 is 1.54 bits per heavy atom. The fourth-order valence-electron chi connectivity index (χ4n) is 5.51. The van der Waals surface area contributed by atoms with Crippen molar-refractivity contribution in [2.75, 3.05) is 0 Å². The second-order valence-electron chi connectivity index (χ2n) is 11.9. The van der Waals surface area contributed by atoms with Crippen LogP contribution in [0, 0.1) is 47.5 Å². The highest BCUT2D eigenvalue weighted by atomic mass is 16.5. The predicted molar refractivity (Wildman–Crippen MR) is 159 cm³/mol. The van der Waals surface area contributed by atoms with Crippen LogP contribution in [0.15, 0.2) is 59.9 Å². The standard InChI is InChI=1S/C35H42O4/c1-19-15-29(16-20(2)31(19)36)38-33-23(5)11-27(12-24(33)6)35(9,10)28-13-25(7)34(26(8)14-28)39-30-17-21(3)32(37)22(4)18-30/h11-19,31,36-37H,1-10H3. The second-order valence-corrected chi connectivity index (χ2v) is 11.9. The number of aliphatic hydroxyl groups is 1. The summed E-state index contributed by atoms with van der Waals surface area (Å²) in [7, 11) is 0. The molecule has 4 rings (SSSR count). The lowest BCUT2D eigenvalue weighted by Gasteiger charge is -2.29. The van der Waals surface area contributed by atoms with E-state index in [2.05, 4.69) is 65.8 Å². The molecular formula is C35H42O4. The third-order valence-electron chi connectivity index (χ3n) is 8.03. The highest BCUT2D eigenvalue weighted by molar-refractivity contribution is 5.54. The summed E-state index contributed by atoms with van der Waals surface area (Å²) in [5.74, 6) is 3.55. The lowest BCUT2D eigenvalue weighted by atomic mass is 9.76. The van der Waals surface area contributed by atoms with Crippen LogP contribution < -0.4 is 9.47 Å². The van der Waals surface area contributed by atoms with Gasteiger partial charge in [0.15, 0.2) is 0 Å². The molecule has 0 spiro atoms. The van der Waals surface area contributed by atoms with E-state index in [1.165, 1.54) is 11.1 Å². The van der Waals surface area contributed by atoms with Crippen molar-refractivity contribution in [2.45, 2.75) is 80.8 Å². The van der Waals surface area contributed by atoms with Crippen LogP contribution in [0.3, 0.4) is 0 Å². The molecule has 0 saturated carbocycles. The van der Waals surface area contributed by atoms with Crippen molar-refractivity contribution >= 4 is 0 Å². The molecule has 2 atom stereocenters. The molecule has 0 radical (unpaired) electrons. The average Bonchev–Trinajstić information content (AvgIpc) is 2.85. The number of aryl methyl sites for hydroxylation is 6. The van der Waals surface area contributed by atoms with Gasteiger partial charge in [-0.15, -0.1) is 0 Å². The first-order valence-corrected chi connectivity index (χ1v) is 13.7. The van der Waals surface area contributed by atoms with Gasteiger partial charge in [-0.3, -0.25) is 0 Å². The van der Waals surface area contributed by atoms with Gasteiger partial charge in [-0.2, -0.15) is 0 Å². The van der Waals surface area contributed by atoms with Gasteiger partial charge in [-0.05, 0) is 123 Å². The van der Waals surface area contributed by atoms with Gasteiger partial charge in [0.05, 0.1) is 6.10 Å². The molecule has 0 fully saturated rings. The monoisotopic (exact) mass is 526 g/mol. The van der Waals surface area contributed by atoms with Gasteiger partial charge >= 0.3 is 0 Å². The number of benzene rings is 3. The minimum atomic E-state index is -0.458. The Hall–Kier alpha value is -3.50. The van der Waals surface area contributed by atoms with E-state index in [1.54, 1.807) is 0 Å². The number of hydrogen-bond acceptors (Lipinski definition) is 4. The van der Waals surface area contributed by atoms with Crippen LogP contribution in [0.4, 0.5) is 0 Å². The fourth-order valence-corrected chi connectivity index (χ4v) is 5.51. The van der Waals surface area contributed by atoms with Gasteiger partial charge in [0.2, 0.25) is 0 Å². The molecule has 0 aliphatic heterocycles. The van der Waals surface area contributed by atoms with Gasteiger partial charge in [0, 0.05) is 11.3 Å². The van der Waals surface area contributed by atoms with Gasteiger partial charge < -0.3 is 19.7 Å². The lowest BCUT2D eigenvalue weighted by Crippen LogP contribution is -2.22. The van der Waals surface area contributed by atoms with Crippen molar-refractivity contribution in [3.05, 3.63) is 104 Å². The van der Waals surface area contributed by atoms with E-state index in [4.69, 9.17) is 9.47 Å². The number of phenols is 1. The van der Waals surface area contributed by atoms with E-state index in [-0.39, 0.29) is 11.3 Å². The number of hydrogen-bond donors (Lipinski definition) is 2. The maximum Gasteiger partial charge on any atom is 0.133 e. The molecule has 0 saturated heterocycles. The summed E-state index contributed by atoms with van der Waals surface area (Å²) in [5, 5.41) is 20.4. The van der Waals surface area contributed by atoms with Crippen molar-refractivity contribution in [3.8, 4) is 23.0 Å². The average molecular weight is 527 g/mol. The zero-order chi connectivity index (χ0) is 28.8. The van der Waals surface area contributed by atoms with E-state index < -0.39 is 6.10 Å². The smallest absolute Gasteiger partial charge is 0.133 e. The van der Waals surface area contributed by atoms with Crippen molar-refractivity contribution in [1.29, 1.82) is 0 Å². The summed E-state index contributed by atoms with van der Waals surface area (Å²) in [6, 6.07) is 12.6. The molecule has 1 aliphatic rings. The Balaban J connectivity index is 1.64. The number of ether oxygens (including phenoxy) is 2. The SMILES string of the molecule is CC1=CC(Oc2c(C)cc(C(C)(C)c3cc(C)c(Oc4cc(C)c(O)c(C)c4)c(C)c3)cc2C)=CC(C)C1O. The molecule has 3 aromatic rings. The van der Waals surface area contributed by atoms with E-state index >= 15 is 0 Å². The Kier molecular flexibility index (Phi) is 7.73. The first kappa shape index (κ1) is 28.5. The normalized spacial score (nSPS) is 17.5. The van der Waals surface area contributed by atoms with Crippen LogP contribution in [-0.2, 0) is 5.41 Å². The van der Waals surface area contributed by atoms with E-state index in [9.17, 15) is 10.2 Å². The maximum atomic E-state index is 10.2. The first-order chi connectivity index (χ1) is 18.2. The van der Waals surface area contributed by atoms with Gasteiger partial charge in [-0.1, -0.05) is 45.0 Å². The van der Waals surface area contributed by atoms with E-state index in [1.807, 2.05) is 52.0 Å². The minimum absolute atomic E-state index is 0.0179. The van der Waals surface area contributed by atoms with Crippen LogP contribution in [0.2, 0.25) is 0 Å². The molecule has 4 heteroatoms. The number of aromatic hydroxyl groups is 1. The van der Waals surface area contributed by atoms with Crippen LogP contribution in [0.25, 0.3) is 0 Å². The molecule has 0 aromatic heterocycles. The molecule has 206 valence electrons. The maximum absolute atomic E-state index is 10.2. The quantitative estimate of drug-likeness (QED) is 0.338. The first-order valence-electron chi connectivity index (χ1n) is 13.7. The minimum Gasteiger partial charge on any atom is -0.507 e. The fraction of sp³-hybridized carbons (Fsp3) is 0.371. The van der Waals surface area contributed by atoms with Crippen molar-refractivity contribution in [1.82, 2.24) is 0 Å². The lowest BCUT2D eigenvalue weighted by molar-refractivity contribution is 0.167. The molecule has 2 N–H and O–H groups in total. The van der Waals surface area contributed by atoms with Crippen LogP contribution in [0.5, 0.6) is 23.0 Å². The summed E-state index contributed by atoms with van der Waals surface area (Å²) in [6.07, 6.45) is 3.46. The number of aliphatic hydroxyl groups excluding tert-OH is 1. The largest absolute Gasteiger partial charge is 0.507 e. The molecule has 4 nitrogen and oxygen atoms in total. The highest BCUT2D eigenvalue weighted by Gasteiger charge is 2.27. The van der Waals surface area contributed by atoms with Crippen LogP contribution in [-0.4, -0.2) is 16.3 Å². The van der Waals surface area contributed by atoms with Crippen molar-refractivity contribution < 1.29 is 19.7 Å². The van der Waals surface area contributed by atoms with E-state index in [0.29, 0.717) is 5.75 Å². The topological polar surface area (TPSA) is 58.9 Å². The summed E-state index contributed by atoms with van der Waals surface area (Å²) >= 11 is 0. The van der Waals surface area contributed by atoms with Crippen molar-refractivity contribution in [3.63, 3.8) is 0 Å². The van der Waals surface area contributed by atoms with Gasteiger partial charge in [-0.25, -0.2) is 0 Å². The molecule has 3 aromatic carbocycles. The number of rotatable bonds is 6. The van der Waals surface area contributed by atoms with E-state index in [0.717, 1.165) is 62.0 Å². The third-order valence-corrected chi connectivity index (χ3v) is 8.03. The van der Waals surface area contributed by atoms with Crippen LogP contribution in [0.1, 0.15) is 72.2 Å². The summed E-state index contributed by atoms with van der Waals surface area (Å²) < 4.78 is 12.7. The summed E-state index contributed by atoms with van der Waals surface area (Å²) in [5.41, 5.74) is 9.00. The molecule has 39 heavy (non-hydrogen) atoms. The van der Waals surface area contributed by atoms with Crippen LogP contribution >= 0.6 is 0 Å². The number of phenolic OH excluding ortho intramolecular Hbond substituents is 1. The Labute approximate surface area is 233 Å². The van der Waals surface area contributed by atoms with Crippen molar-refractivity contribution in [2.24, 2.45) is 5.92 Å². The second kappa shape index (κ2) is 10.6. The summed E-state index contributed by atoms with van der Waals surface area (Å²) in [4.78, 5) is 0. The third kappa shape index (κ3) is 5.62. The molecule has 2 unspecified atom stereocenters.